The quantitative estimate of drug-likeness (QED) is 0.935. The van der Waals surface area contributed by atoms with Crippen molar-refractivity contribution in [2.45, 2.75) is 26.8 Å². The van der Waals surface area contributed by atoms with Gasteiger partial charge in [-0.15, -0.1) is 0 Å². The minimum atomic E-state index is -0.147. The number of hydrogen-bond donors (Lipinski definition) is 1. The molecule has 7 nitrogen and oxygen atoms in total. The highest BCUT2D eigenvalue weighted by Crippen LogP contribution is 2.12. The molecule has 0 spiro atoms. The summed E-state index contributed by atoms with van der Waals surface area (Å²) in [5.41, 5.74) is 0.645. The zero-order valence-corrected chi connectivity index (χ0v) is 12.7. The lowest BCUT2D eigenvalue weighted by Gasteiger charge is -2.28. The summed E-state index contributed by atoms with van der Waals surface area (Å²) in [5, 5.41) is 6.82. The SMILES string of the molecule is CC(C)C(C)N(C)C(=O)Nc1ccc(-n2cncn2)nc1. The molecule has 2 rings (SSSR count). The van der Waals surface area contributed by atoms with Gasteiger partial charge in [-0.2, -0.15) is 5.10 Å². The van der Waals surface area contributed by atoms with Gasteiger partial charge in [0, 0.05) is 13.1 Å². The van der Waals surface area contributed by atoms with E-state index in [2.05, 4.69) is 34.2 Å². The Morgan fingerprint density at radius 1 is 1.33 bits per heavy atom. The van der Waals surface area contributed by atoms with E-state index in [-0.39, 0.29) is 12.1 Å². The summed E-state index contributed by atoms with van der Waals surface area (Å²) >= 11 is 0. The number of aromatic nitrogens is 4. The van der Waals surface area contributed by atoms with Gasteiger partial charge in [-0.3, -0.25) is 0 Å². The fraction of sp³-hybridized carbons (Fsp3) is 0.429. The van der Waals surface area contributed by atoms with Crippen molar-refractivity contribution in [3.05, 3.63) is 31.0 Å². The Hall–Kier alpha value is -2.44. The van der Waals surface area contributed by atoms with Gasteiger partial charge in [-0.05, 0) is 25.0 Å². The van der Waals surface area contributed by atoms with Gasteiger partial charge in [0.1, 0.15) is 12.7 Å². The van der Waals surface area contributed by atoms with Gasteiger partial charge in [0.25, 0.3) is 0 Å². The third-order valence-corrected chi connectivity index (χ3v) is 3.55. The molecule has 0 aliphatic heterocycles. The van der Waals surface area contributed by atoms with Crippen LogP contribution < -0.4 is 5.32 Å². The Bertz CT molecular complexity index is 578. The minimum Gasteiger partial charge on any atom is -0.325 e. The number of anilines is 1. The summed E-state index contributed by atoms with van der Waals surface area (Å²) < 4.78 is 1.55. The van der Waals surface area contributed by atoms with Crippen molar-refractivity contribution in [3.8, 4) is 5.82 Å². The number of urea groups is 1. The Balaban J connectivity index is 2.02. The fourth-order valence-corrected chi connectivity index (χ4v) is 1.77. The van der Waals surface area contributed by atoms with Crippen molar-refractivity contribution < 1.29 is 4.79 Å². The summed E-state index contributed by atoms with van der Waals surface area (Å²) in [6.07, 6.45) is 4.61. The maximum atomic E-state index is 12.1. The predicted octanol–water partition coefficient (Wildman–Crippen LogP) is 2.17. The van der Waals surface area contributed by atoms with E-state index >= 15 is 0 Å². The molecule has 112 valence electrons. The number of pyridine rings is 1. The van der Waals surface area contributed by atoms with Crippen LogP contribution in [0.2, 0.25) is 0 Å². The third-order valence-electron chi connectivity index (χ3n) is 3.55. The number of carbonyl (C=O) groups is 1. The lowest BCUT2D eigenvalue weighted by Crippen LogP contribution is -2.40. The van der Waals surface area contributed by atoms with Gasteiger partial charge >= 0.3 is 6.03 Å². The Kier molecular flexibility index (Phi) is 4.52. The number of hydrogen-bond acceptors (Lipinski definition) is 4. The largest absolute Gasteiger partial charge is 0.325 e. The zero-order chi connectivity index (χ0) is 15.4. The molecule has 0 fully saturated rings. The van der Waals surface area contributed by atoms with Crippen LogP contribution in [0.4, 0.5) is 10.5 Å². The van der Waals surface area contributed by atoms with Crippen LogP contribution in [0.1, 0.15) is 20.8 Å². The van der Waals surface area contributed by atoms with Gasteiger partial charge in [0.2, 0.25) is 0 Å². The first-order valence-electron chi connectivity index (χ1n) is 6.84. The smallest absolute Gasteiger partial charge is 0.321 e. The Morgan fingerprint density at radius 2 is 2.10 bits per heavy atom. The molecule has 0 radical (unpaired) electrons. The first-order valence-corrected chi connectivity index (χ1v) is 6.84. The van der Waals surface area contributed by atoms with Gasteiger partial charge < -0.3 is 10.2 Å². The third kappa shape index (κ3) is 3.56. The molecular weight excluding hydrogens is 268 g/mol. The second kappa shape index (κ2) is 6.34. The van der Waals surface area contributed by atoms with E-state index in [1.54, 1.807) is 41.3 Å². The first kappa shape index (κ1) is 15.0. The highest BCUT2D eigenvalue weighted by molar-refractivity contribution is 5.89. The van der Waals surface area contributed by atoms with E-state index in [4.69, 9.17) is 0 Å². The maximum Gasteiger partial charge on any atom is 0.321 e. The number of amides is 2. The molecular formula is C14H20N6O. The summed E-state index contributed by atoms with van der Waals surface area (Å²) in [4.78, 5) is 21.9. The van der Waals surface area contributed by atoms with E-state index in [1.807, 2.05) is 6.92 Å². The van der Waals surface area contributed by atoms with Crippen LogP contribution >= 0.6 is 0 Å². The zero-order valence-electron chi connectivity index (χ0n) is 12.7. The van der Waals surface area contributed by atoms with Gasteiger partial charge in [0.05, 0.1) is 11.9 Å². The molecule has 0 aliphatic rings. The molecule has 2 aromatic rings. The molecule has 0 bridgehead atoms. The van der Waals surface area contributed by atoms with Crippen molar-refractivity contribution in [3.63, 3.8) is 0 Å². The Morgan fingerprint density at radius 3 is 2.62 bits per heavy atom. The van der Waals surface area contributed by atoms with E-state index < -0.39 is 0 Å². The summed E-state index contributed by atoms with van der Waals surface area (Å²) in [6, 6.07) is 3.57. The molecule has 1 N–H and O–H groups in total. The van der Waals surface area contributed by atoms with Crippen molar-refractivity contribution in [2.24, 2.45) is 5.92 Å². The standard InChI is InChI=1S/C14H20N6O/c1-10(2)11(3)19(4)14(21)18-12-5-6-13(16-7-12)20-9-15-8-17-20/h5-11H,1-4H3,(H,18,21). The molecule has 2 amide bonds. The molecule has 1 unspecified atom stereocenters. The van der Waals surface area contributed by atoms with Gasteiger partial charge in [-0.25, -0.2) is 19.4 Å². The lowest BCUT2D eigenvalue weighted by molar-refractivity contribution is 0.193. The highest BCUT2D eigenvalue weighted by Gasteiger charge is 2.18. The normalized spacial score (nSPS) is 12.2. The van der Waals surface area contributed by atoms with E-state index in [0.717, 1.165) is 0 Å². The molecule has 2 heterocycles. The van der Waals surface area contributed by atoms with Crippen LogP contribution in [0.3, 0.4) is 0 Å². The Labute approximate surface area is 124 Å². The number of rotatable bonds is 4. The maximum absolute atomic E-state index is 12.1. The van der Waals surface area contributed by atoms with E-state index in [0.29, 0.717) is 17.4 Å². The van der Waals surface area contributed by atoms with Gasteiger partial charge in [-0.1, -0.05) is 13.8 Å². The van der Waals surface area contributed by atoms with Crippen molar-refractivity contribution >= 4 is 11.7 Å². The minimum absolute atomic E-state index is 0.147. The fourth-order valence-electron chi connectivity index (χ4n) is 1.77. The van der Waals surface area contributed by atoms with Crippen LogP contribution in [-0.4, -0.2) is 43.8 Å². The van der Waals surface area contributed by atoms with Crippen LogP contribution in [0, 0.1) is 5.92 Å². The second-order valence-electron chi connectivity index (χ2n) is 5.27. The highest BCUT2D eigenvalue weighted by atomic mass is 16.2. The second-order valence-corrected chi connectivity index (χ2v) is 5.27. The van der Waals surface area contributed by atoms with Gasteiger partial charge in [0.15, 0.2) is 5.82 Å². The topological polar surface area (TPSA) is 75.9 Å². The summed E-state index contributed by atoms with van der Waals surface area (Å²) in [5.74, 6) is 1.04. The van der Waals surface area contributed by atoms with E-state index in [9.17, 15) is 4.79 Å². The van der Waals surface area contributed by atoms with Crippen molar-refractivity contribution in [2.75, 3.05) is 12.4 Å². The molecule has 0 aromatic carbocycles. The van der Waals surface area contributed by atoms with Crippen LogP contribution in [-0.2, 0) is 0 Å². The number of nitrogens with one attached hydrogen (secondary N) is 1. The van der Waals surface area contributed by atoms with Crippen LogP contribution in [0.25, 0.3) is 5.82 Å². The monoisotopic (exact) mass is 288 g/mol. The average molecular weight is 288 g/mol. The molecule has 1 atom stereocenters. The number of carbonyl (C=O) groups excluding carboxylic acids is 1. The van der Waals surface area contributed by atoms with Crippen LogP contribution in [0.15, 0.2) is 31.0 Å². The molecule has 0 aliphatic carbocycles. The van der Waals surface area contributed by atoms with E-state index in [1.165, 1.54) is 6.33 Å². The molecule has 0 saturated heterocycles. The molecule has 21 heavy (non-hydrogen) atoms. The van der Waals surface area contributed by atoms with Crippen LogP contribution in [0.5, 0.6) is 0 Å². The summed E-state index contributed by atoms with van der Waals surface area (Å²) in [7, 11) is 1.79. The first-order chi connectivity index (χ1) is 9.99. The number of nitrogens with zero attached hydrogens (tertiary/aromatic N) is 5. The predicted molar refractivity (Wildman–Crippen MR) is 80.2 cm³/mol. The summed E-state index contributed by atoms with van der Waals surface area (Å²) in [6.45, 7) is 6.20. The molecule has 0 saturated carbocycles. The van der Waals surface area contributed by atoms with Crippen molar-refractivity contribution in [1.82, 2.24) is 24.6 Å². The van der Waals surface area contributed by atoms with Crippen molar-refractivity contribution in [1.29, 1.82) is 0 Å². The average Bonchev–Trinajstić information content (AvgIpc) is 3.00. The molecule has 7 heteroatoms. The lowest BCUT2D eigenvalue weighted by atomic mass is 10.1. The molecule has 2 aromatic heterocycles.